The number of aromatic nitrogens is 2. The summed E-state index contributed by atoms with van der Waals surface area (Å²) in [4.78, 5) is 11.2. The molecule has 0 saturated carbocycles. The Labute approximate surface area is 154 Å². The molecule has 6 nitrogen and oxygen atoms in total. The summed E-state index contributed by atoms with van der Waals surface area (Å²) in [6.07, 6.45) is 0. The molecular formula is C20H15FN4O2. The number of amides is 1. The van der Waals surface area contributed by atoms with E-state index in [0.29, 0.717) is 35.8 Å². The van der Waals surface area contributed by atoms with Crippen molar-refractivity contribution < 1.29 is 13.9 Å². The smallest absolute Gasteiger partial charge is 0.221 e. The average Bonchev–Trinajstić information content (AvgIpc) is 2.95. The maximum atomic E-state index is 13.4. The normalized spacial score (nSPS) is 12.2. The highest BCUT2D eigenvalue weighted by molar-refractivity contribution is 5.88. The third-order valence-electron chi connectivity index (χ3n) is 4.32. The molecule has 0 unspecified atom stereocenters. The second kappa shape index (κ2) is 6.57. The lowest BCUT2D eigenvalue weighted by Crippen LogP contribution is -2.06. The Hall–Kier alpha value is -3.66. The number of ether oxygens (including phenoxy) is 1. The second-order valence-corrected chi connectivity index (χ2v) is 6.27. The van der Waals surface area contributed by atoms with Crippen molar-refractivity contribution >= 4 is 11.6 Å². The maximum Gasteiger partial charge on any atom is 0.221 e. The van der Waals surface area contributed by atoms with Gasteiger partial charge < -0.3 is 10.1 Å². The minimum Gasteiger partial charge on any atom is -0.487 e. The van der Waals surface area contributed by atoms with Gasteiger partial charge in [-0.3, -0.25) is 9.48 Å². The third kappa shape index (κ3) is 3.25. The largest absolute Gasteiger partial charge is 0.487 e. The van der Waals surface area contributed by atoms with E-state index in [1.165, 1.54) is 19.1 Å². The molecule has 1 aliphatic rings. The molecule has 2 heterocycles. The minimum absolute atomic E-state index is 0.145. The van der Waals surface area contributed by atoms with Gasteiger partial charge in [-0.05, 0) is 30.3 Å². The lowest BCUT2D eigenvalue weighted by molar-refractivity contribution is -0.114. The SMILES string of the molecule is CC(=O)Nc1ccc2c(c1)OCc1cc(-c3ccc(F)cc3C#N)nn1C2. The molecule has 3 aromatic rings. The molecule has 1 amide bonds. The number of rotatable bonds is 2. The highest BCUT2D eigenvalue weighted by Gasteiger charge is 2.19. The van der Waals surface area contributed by atoms with E-state index in [1.54, 1.807) is 12.1 Å². The van der Waals surface area contributed by atoms with E-state index >= 15 is 0 Å². The highest BCUT2D eigenvalue weighted by atomic mass is 19.1. The van der Waals surface area contributed by atoms with Crippen LogP contribution in [0.1, 0.15) is 23.7 Å². The molecule has 1 aliphatic heterocycles. The van der Waals surface area contributed by atoms with Crippen molar-refractivity contribution in [1.82, 2.24) is 9.78 Å². The quantitative estimate of drug-likeness (QED) is 0.757. The summed E-state index contributed by atoms with van der Waals surface area (Å²) in [6.45, 7) is 2.25. The van der Waals surface area contributed by atoms with Crippen LogP contribution in [-0.4, -0.2) is 15.7 Å². The number of halogens is 1. The molecule has 0 radical (unpaired) electrons. The molecule has 0 aliphatic carbocycles. The van der Waals surface area contributed by atoms with Crippen molar-refractivity contribution in [3.8, 4) is 23.1 Å². The number of nitrogens with zero attached hydrogens (tertiary/aromatic N) is 3. The molecular weight excluding hydrogens is 347 g/mol. The number of hydrogen-bond acceptors (Lipinski definition) is 4. The van der Waals surface area contributed by atoms with Crippen LogP contribution in [0, 0.1) is 17.1 Å². The zero-order valence-electron chi connectivity index (χ0n) is 14.5. The Kier molecular flexibility index (Phi) is 4.09. The predicted octanol–water partition coefficient (Wildman–Crippen LogP) is 3.46. The number of hydrogen-bond donors (Lipinski definition) is 1. The Morgan fingerprint density at radius 3 is 2.93 bits per heavy atom. The first-order valence-corrected chi connectivity index (χ1v) is 8.33. The number of benzene rings is 2. The van der Waals surface area contributed by atoms with Crippen molar-refractivity contribution in [2.24, 2.45) is 0 Å². The molecule has 0 bridgehead atoms. The number of fused-ring (bicyclic) bond motifs is 2. The van der Waals surface area contributed by atoms with E-state index in [1.807, 2.05) is 29.0 Å². The van der Waals surface area contributed by atoms with E-state index in [0.717, 1.165) is 11.3 Å². The summed E-state index contributed by atoms with van der Waals surface area (Å²) in [5.74, 6) is 0.0878. The van der Waals surface area contributed by atoms with Crippen LogP contribution in [-0.2, 0) is 17.9 Å². The number of nitriles is 1. The van der Waals surface area contributed by atoms with Crippen LogP contribution in [0.5, 0.6) is 5.75 Å². The summed E-state index contributed by atoms with van der Waals surface area (Å²) >= 11 is 0. The van der Waals surface area contributed by atoms with Crippen LogP contribution in [0.15, 0.2) is 42.5 Å². The predicted molar refractivity (Wildman–Crippen MR) is 96.5 cm³/mol. The number of anilines is 1. The summed E-state index contributed by atoms with van der Waals surface area (Å²) < 4.78 is 21.1. The molecule has 4 rings (SSSR count). The Bertz CT molecular complexity index is 1100. The zero-order chi connectivity index (χ0) is 19.0. The molecule has 134 valence electrons. The Morgan fingerprint density at radius 1 is 1.30 bits per heavy atom. The summed E-state index contributed by atoms with van der Waals surface area (Å²) in [5, 5.41) is 16.6. The molecule has 0 fully saturated rings. The highest BCUT2D eigenvalue weighted by Crippen LogP contribution is 2.30. The zero-order valence-corrected chi connectivity index (χ0v) is 14.5. The van der Waals surface area contributed by atoms with Gasteiger partial charge in [0.1, 0.15) is 18.2 Å². The Balaban J connectivity index is 1.68. The van der Waals surface area contributed by atoms with E-state index < -0.39 is 5.82 Å². The van der Waals surface area contributed by atoms with Crippen LogP contribution in [0.3, 0.4) is 0 Å². The van der Waals surface area contributed by atoms with Gasteiger partial charge in [-0.2, -0.15) is 10.4 Å². The van der Waals surface area contributed by atoms with Crippen molar-refractivity contribution in [1.29, 1.82) is 5.26 Å². The van der Waals surface area contributed by atoms with Gasteiger partial charge in [-0.1, -0.05) is 6.07 Å². The monoisotopic (exact) mass is 362 g/mol. The average molecular weight is 362 g/mol. The second-order valence-electron chi connectivity index (χ2n) is 6.27. The van der Waals surface area contributed by atoms with Crippen molar-refractivity contribution in [2.45, 2.75) is 20.1 Å². The fourth-order valence-electron chi connectivity index (χ4n) is 3.09. The van der Waals surface area contributed by atoms with Gasteiger partial charge in [0.05, 0.1) is 29.6 Å². The topological polar surface area (TPSA) is 79.9 Å². The molecule has 2 aromatic carbocycles. The van der Waals surface area contributed by atoms with Crippen LogP contribution in [0.4, 0.5) is 10.1 Å². The number of carbonyl (C=O) groups is 1. The molecule has 0 spiro atoms. The first-order valence-electron chi connectivity index (χ1n) is 8.33. The van der Waals surface area contributed by atoms with E-state index in [9.17, 15) is 14.4 Å². The Morgan fingerprint density at radius 2 is 2.15 bits per heavy atom. The molecule has 1 N–H and O–H groups in total. The summed E-state index contributed by atoms with van der Waals surface area (Å²) in [5.41, 5.74) is 3.87. The third-order valence-corrected chi connectivity index (χ3v) is 4.32. The molecule has 0 atom stereocenters. The molecule has 27 heavy (non-hydrogen) atoms. The van der Waals surface area contributed by atoms with E-state index in [2.05, 4.69) is 10.4 Å². The molecule has 1 aromatic heterocycles. The molecule has 0 saturated heterocycles. The van der Waals surface area contributed by atoms with Crippen molar-refractivity contribution in [3.63, 3.8) is 0 Å². The van der Waals surface area contributed by atoms with Crippen LogP contribution < -0.4 is 10.1 Å². The van der Waals surface area contributed by atoms with Crippen molar-refractivity contribution in [2.75, 3.05) is 5.32 Å². The van der Waals surface area contributed by atoms with E-state index in [-0.39, 0.29) is 11.5 Å². The maximum absolute atomic E-state index is 13.4. The van der Waals surface area contributed by atoms with Crippen LogP contribution >= 0.6 is 0 Å². The van der Waals surface area contributed by atoms with Gasteiger partial charge >= 0.3 is 0 Å². The van der Waals surface area contributed by atoms with Gasteiger partial charge in [-0.25, -0.2) is 4.39 Å². The van der Waals surface area contributed by atoms with Gasteiger partial charge in [-0.15, -0.1) is 0 Å². The van der Waals surface area contributed by atoms with Crippen molar-refractivity contribution in [3.05, 3.63) is 65.1 Å². The minimum atomic E-state index is -0.455. The summed E-state index contributed by atoms with van der Waals surface area (Å²) in [6, 6.07) is 13.4. The van der Waals surface area contributed by atoms with Gasteiger partial charge in [0.2, 0.25) is 5.91 Å². The number of nitrogens with one attached hydrogen (secondary N) is 1. The lowest BCUT2D eigenvalue weighted by atomic mass is 10.1. The van der Waals surface area contributed by atoms with E-state index in [4.69, 9.17) is 4.74 Å². The fraction of sp³-hybridized carbons (Fsp3) is 0.150. The van der Waals surface area contributed by atoms with Gasteiger partial charge in [0.25, 0.3) is 0 Å². The van der Waals surface area contributed by atoms with Gasteiger partial charge in [0, 0.05) is 29.8 Å². The first kappa shape index (κ1) is 16.8. The first-order chi connectivity index (χ1) is 13.0. The number of carbonyl (C=O) groups excluding carboxylic acids is 1. The van der Waals surface area contributed by atoms with Crippen LogP contribution in [0.2, 0.25) is 0 Å². The lowest BCUT2D eigenvalue weighted by Gasteiger charge is -2.09. The fourth-order valence-corrected chi connectivity index (χ4v) is 3.09. The van der Waals surface area contributed by atoms with Crippen LogP contribution in [0.25, 0.3) is 11.3 Å². The summed E-state index contributed by atoms with van der Waals surface area (Å²) in [7, 11) is 0. The van der Waals surface area contributed by atoms with Gasteiger partial charge in [0.15, 0.2) is 0 Å². The standard InChI is InChI=1S/C20H15FN4O2/c1-12(26)23-16-4-2-13-10-25-17(11-27-20(13)7-16)8-19(24-25)18-5-3-15(21)6-14(18)9-22/h2-8H,10-11H2,1H3,(H,23,26). The molecule has 7 heteroatoms.